The summed E-state index contributed by atoms with van der Waals surface area (Å²) in [5.74, 6) is 0. The van der Waals surface area contributed by atoms with Gasteiger partial charge < -0.3 is 0 Å². The molecule has 0 aromatic carbocycles. The van der Waals surface area contributed by atoms with Gasteiger partial charge in [-0.25, -0.2) is 5.01 Å². The first-order valence-corrected chi connectivity index (χ1v) is 4.60. The first-order valence-electron chi connectivity index (χ1n) is 4.60. The van der Waals surface area contributed by atoms with Crippen LogP contribution in [-0.2, 0) is 0 Å². The molecule has 0 aliphatic carbocycles. The highest BCUT2D eigenvalue weighted by Gasteiger charge is 2.08. The highest BCUT2D eigenvalue weighted by molar-refractivity contribution is 4.92. The van der Waals surface area contributed by atoms with E-state index < -0.39 is 0 Å². The molecule has 1 aliphatic rings. The number of hydrogen-bond donors (Lipinski definition) is 1. The van der Waals surface area contributed by atoms with Gasteiger partial charge in [0.2, 0.25) is 0 Å². The molecule has 12 heavy (non-hydrogen) atoms. The molecule has 1 fully saturated rings. The normalized spacial score (nSPS) is 19.3. The molecule has 1 saturated heterocycles. The zero-order chi connectivity index (χ0) is 8.23. The summed E-state index contributed by atoms with van der Waals surface area (Å²) in [6, 6.07) is 4.05. The lowest BCUT2D eigenvalue weighted by Gasteiger charge is -2.27. The van der Waals surface area contributed by atoms with Crippen LogP contribution >= 0.6 is 0 Å². The maximum atomic E-state index is 3.31. The van der Waals surface area contributed by atoms with Crippen molar-refractivity contribution in [2.24, 2.45) is 0 Å². The molecule has 3 heteroatoms. The zero-order valence-electron chi connectivity index (χ0n) is 7.24. The van der Waals surface area contributed by atoms with Crippen molar-refractivity contribution in [3.8, 4) is 0 Å². The number of nitrogens with zero attached hydrogens (tertiary/aromatic N) is 2. The average molecular weight is 165 g/mol. The molecule has 0 unspecified atom stereocenters. The van der Waals surface area contributed by atoms with Gasteiger partial charge in [-0.05, 0) is 25.0 Å². The zero-order valence-corrected chi connectivity index (χ0v) is 7.24. The van der Waals surface area contributed by atoms with Crippen molar-refractivity contribution in [3.63, 3.8) is 0 Å². The molecule has 1 aliphatic heterocycles. The second-order valence-corrected chi connectivity index (χ2v) is 3.24. The molecule has 0 saturated carbocycles. The van der Waals surface area contributed by atoms with Gasteiger partial charge in [0, 0.05) is 25.5 Å². The Kier molecular flexibility index (Phi) is 2.32. The van der Waals surface area contributed by atoms with E-state index in [1.54, 1.807) is 0 Å². The molecule has 0 spiro atoms. The molecule has 66 valence electrons. The molecule has 2 rings (SSSR count). The summed E-state index contributed by atoms with van der Waals surface area (Å²) in [5.41, 5.74) is 3.31. The monoisotopic (exact) mass is 165 g/mol. The summed E-state index contributed by atoms with van der Waals surface area (Å²) in [5, 5.41) is 2.27. The lowest BCUT2D eigenvalue weighted by atomic mass is 10.2. The smallest absolute Gasteiger partial charge is 0.0273 e. The Hall–Kier alpha value is -0.960. The second-order valence-electron chi connectivity index (χ2n) is 3.24. The number of nitrogens with one attached hydrogen (secondary N) is 1. The van der Waals surface area contributed by atoms with Crippen LogP contribution in [0.25, 0.3) is 0 Å². The fourth-order valence-electron chi connectivity index (χ4n) is 1.56. The van der Waals surface area contributed by atoms with Gasteiger partial charge in [-0.3, -0.25) is 10.2 Å². The van der Waals surface area contributed by atoms with Crippen LogP contribution in [0, 0.1) is 0 Å². The van der Waals surface area contributed by atoms with E-state index in [-0.39, 0.29) is 0 Å². The number of rotatable bonds is 2. The summed E-state index contributed by atoms with van der Waals surface area (Å²) in [6.45, 7) is 2.33. The Morgan fingerprint density at radius 1 is 0.917 bits per heavy atom. The maximum Gasteiger partial charge on any atom is 0.0273 e. The van der Waals surface area contributed by atoms with Crippen molar-refractivity contribution in [2.45, 2.75) is 19.3 Å². The van der Waals surface area contributed by atoms with Crippen LogP contribution in [-0.4, -0.2) is 22.8 Å². The molecule has 0 bridgehead atoms. The first-order chi connectivity index (χ1) is 5.95. The Bertz CT molecular complexity index is 212. The van der Waals surface area contributed by atoms with E-state index in [2.05, 4.69) is 10.5 Å². The van der Waals surface area contributed by atoms with Gasteiger partial charge in [-0.1, -0.05) is 6.42 Å². The third-order valence-electron chi connectivity index (χ3n) is 2.22. The van der Waals surface area contributed by atoms with Crippen molar-refractivity contribution >= 4 is 0 Å². The summed E-state index contributed by atoms with van der Waals surface area (Å²) >= 11 is 0. The fourth-order valence-corrected chi connectivity index (χ4v) is 1.56. The Morgan fingerprint density at radius 3 is 2.25 bits per heavy atom. The van der Waals surface area contributed by atoms with Crippen LogP contribution in [0.4, 0.5) is 0 Å². The van der Waals surface area contributed by atoms with E-state index in [4.69, 9.17) is 0 Å². The van der Waals surface area contributed by atoms with Crippen molar-refractivity contribution in [1.82, 2.24) is 9.69 Å². The maximum absolute atomic E-state index is 3.31. The van der Waals surface area contributed by atoms with E-state index in [0.717, 1.165) is 13.1 Å². The SMILES string of the molecule is c1ccn(NN2CCCCC2)c1. The minimum Gasteiger partial charge on any atom is -0.261 e. The van der Waals surface area contributed by atoms with E-state index in [1.165, 1.54) is 19.3 Å². The minimum atomic E-state index is 1.16. The van der Waals surface area contributed by atoms with Crippen LogP contribution in [0.3, 0.4) is 0 Å². The number of piperidine rings is 1. The predicted molar refractivity (Wildman–Crippen MR) is 49.2 cm³/mol. The molecular formula is C9H15N3. The standard InChI is InChI=1S/C9H15N3/c1-2-6-11(7-3-1)10-12-8-4-5-9-12/h4-5,8-10H,1-3,6-7H2. The van der Waals surface area contributed by atoms with E-state index in [9.17, 15) is 0 Å². The topological polar surface area (TPSA) is 20.2 Å². The lowest BCUT2D eigenvalue weighted by Crippen LogP contribution is -2.39. The van der Waals surface area contributed by atoms with Gasteiger partial charge >= 0.3 is 0 Å². The van der Waals surface area contributed by atoms with Crippen LogP contribution in [0.5, 0.6) is 0 Å². The van der Waals surface area contributed by atoms with Crippen LogP contribution in [0.1, 0.15) is 19.3 Å². The van der Waals surface area contributed by atoms with Crippen molar-refractivity contribution in [2.75, 3.05) is 18.6 Å². The van der Waals surface area contributed by atoms with Crippen molar-refractivity contribution < 1.29 is 0 Å². The summed E-state index contributed by atoms with van der Waals surface area (Å²) in [4.78, 5) is 0. The number of aromatic nitrogens is 1. The van der Waals surface area contributed by atoms with Crippen molar-refractivity contribution in [3.05, 3.63) is 24.5 Å². The molecule has 1 aromatic heterocycles. The van der Waals surface area contributed by atoms with E-state index in [1.807, 2.05) is 29.2 Å². The highest BCUT2D eigenvalue weighted by atomic mass is 15.7. The number of hydrazine groups is 1. The predicted octanol–water partition coefficient (Wildman–Crippen LogP) is 1.43. The summed E-state index contributed by atoms with van der Waals surface area (Å²) in [6.07, 6.45) is 8.05. The Morgan fingerprint density at radius 2 is 1.58 bits per heavy atom. The molecule has 0 amide bonds. The first kappa shape index (κ1) is 7.68. The minimum absolute atomic E-state index is 1.16. The van der Waals surface area contributed by atoms with Gasteiger partial charge in [-0.2, -0.15) is 0 Å². The molecule has 0 radical (unpaired) electrons. The van der Waals surface area contributed by atoms with Gasteiger partial charge in [0.05, 0.1) is 0 Å². The fraction of sp³-hybridized carbons (Fsp3) is 0.556. The van der Waals surface area contributed by atoms with Gasteiger partial charge in [0.1, 0.15) is 0 Å². The number of hydrogen-bond acceptors (Lipinski definition) is 2. The van der Waals surface area contributed by atoms with E-state index >= 15 is 0 Å². The van der Waals surface area contributed by atoms with Crippen molar-refractivity contribution in [1.29, 1.82) is 0 Å². The summed E-state index contributed by atoms with van der Waals surface area (Å²) in [7, 11) is 0. The molecule has 0 atom stereocenters. The Labute approximate surface area is 72.9 Å². The molecule has 2 heterocycles. The lowest BCUT2D eigenvalue weighted by molar-refractivity contribution is 0.243. The van der Waals surface area contributed by atoms with E-state index in [0.29, 0.717) is 0 Å². The molecule has 3 nitrogen and oxygen atoms in total. The highest BCUT2D eigenvalue weighted by Crippen LogP contribution is 2.06. The average Bonchev–Trinajstić information content (AvgIpc) is 2.59. The molecular weight excluding hydrogens is 150 g/mol. The third-order valence-corrected chi connectivity index (χ3v) is 2.22. The van der Waals surface area contributed by atoms with Crippen LogP contribution < -0.4 is 5.53 Å². The third kappa shape index (κ3) is 1.80. The second kappa shape index (κ2) is 3.63. The molecule has 1 N–H and O–H groups in total. The van der Waals surface area contributed by atoms with Gasteiger partial charge in [-0.15, -0.1) is 0 Å². The Balaban J connectivity index is 1.86. The largest absolute Gasteiger partial charge is 0.261 e. The summed E-state index contributed by atoms with van der Waals surface area (Å²) < 4.78 is 1.99. The van der Waals surface area contributed by atoms with Gasteiger partial charge in [0.15, 0.2) is 0 Å². The van der Waals surface area contributed by atoms with Crippen LogP contribution in [0.2, 0.25) is 0 Å². The van der Waals surface area contributed by atoms with Crippen LogP contribution in [0.15, 0.2) is 24.5 Å². The molecule has 1 aromatic rings. The quantitative estimate of drug-likeness (QED) is 0.715. The van der Waals surface area contributed by atoms with Gasteiger partial charge in [0.25, 0.3) is 0 Å².